The van der Waals surface area contributed by atoms with E-state index in [9.17, 15) is 13.2 Å². The second-order valence-corrected chi connectivity index (χ2v) is 21.0. The minimum atomic E-state index is -2.85. The fraction of sp³-hybridized carbons (Fsp3) is 0.878. The van der Waals surface area contributed by atoms with E-state index in [4.69, 9.17) is 4.74 Å². The highest BCUT2D eigenvalue weighted by molar-refractivity contribution is 7.91. The van der Waals surface area contributed by atoms with E-state index in [-0.39, 0.29) is 16.9 Å². The third kappa shape index (κ3) is 5.99. The van der Waals surface area contributed by atoms with Crippen molar-refractivity contribution >= 4 is 15.8 Å². The first-order valence-corrected chi connectivity index (χ1v) is 21.4. The molecule has 7 heteroatoms. The Balaban J connectivity index is 1.20. The van der Waals surface area contributed by atoms with Gasteiger partial charge in [-0.15, -0.1) is 0 Å². The molecule has 0 aromatic carbocycles. The van der Waals surface area contributed by atoms with Crippen molar-refractivity contribution in [3.63, 3.8) is 0 Å². The van der Waals surface area contributed by atoms with Gasteiger partial charge in [0, 0.05) is 38.1 Å². The average Bonchev–Trinajstić information content (AvgIpc) is 3.41. The fourth-order valence-electron chi connectivity index (χ4n) is 13.7. The van der Waals surface area contributed by atoms with Gasteiger partial charge in [0.1, 0.15) is 0 Å². The third-order valence-electron chi connectivity index (χ3n) is 16.5. The maximum absolute atomic E-state index is 12.0. The van der Waals surface area contributed by atoms with Gasteiger partial charge in [0.05, 0.1) is 18.6 Å². The Labute approximate surface area is 293 Å². The average molecular weight is 685 g/mol. The molecule has 1 aliphatic heterocycles. The molecule has 6 nitrogen and oxygen atoms in total. The van der Waals surface area contributed by atoms with Gasteiger partial charge in [-0.3, -0.25) is 4.79 Å². The van der Waals surface area contributed by atoms with Gasteiger partial charge in [0.25, 0.3) is 0 Å². The maximum Gasteiger partial charge on any atom is 0.305 e. The molecular formula is C41H68N2O4S. The minimum Gasteiger partial charge on any atom is -0.469 e. The number of rotatable bonds is 10. The van der Waals surface area contributed by atoms with Crippen LogP contribution < -0.4 is 5.32 Å². The second-order valence-electron chi connectivity index (χ2n) is 18.7. The summed E-state index contributed by atoms with van der Waals surface area (Å²) in [5.74, 6) is 3.91. The van der Waals surface area contributed by atoms with Crippen LogP contribution in [0.4, 0.5) is 0 Å². The van der Waals surface area contributed by atoms with Gasteiger partial charge in [-0.25, -0.2) is 8.42 Å². The van der Waals surface area contributed by atoms with E-state index in [2.05, 4.69) is 64.4 Å². The zero-order valence-electron chi connectivity index (χ0n) is 31.6. The lowest BCUT2D eigenvalue weighted by atomic mass is 9.33. The molecule has 9 atom stereocenters. The van der Waals surface area contributed by atoms with Crippen LogP contribution >= 0.6 is 0 Å². The molecule has 0 bridgehead atoms. The van der Waals surface area contributed by atoms with Crippen LogP contribution in [0.1, 0.15) is 125 Å². The summed E-state index contributed by atoms with van der Waals surface area (Å²) >= 11 is 0. The van der Waals surface area contributed by atoms with Gasteiger partial charge >= 0.3 is 5.97 Å². The van der Waals surface area contributed by atoms with Crippen molar-refractivity contribution in [2.75, 3.05) is 44.8 Å². The molecule has 0 aromatic heterocycles. The van der Waals surface area contributed by atoms with E-state index in [0.29, 0.717) is 70.9 Å². The summed E-state index contributed by atoms with van der Waals surface area (Å²) in [6.07, 6.45) is 17.9. The number of allylic oxidation sites excluding steroid dienone is 3. The molecule has 0 aromatic rings. The quantitative estimate of drug-likeness (QED) is 0.143. The monoisotopic (exact) mass is 684 g/mol. The number of esters is 1. The molecule has 9 unspecified atom stereocenters. The number of carbonyl (C=O) groups excluding carboxylic acids is 1. The standard InChI is InChI=1S/C41H68N2O4S/c1-29(2)31-16-20-41(42-23-24-43-25-27-48(45,46)28-26-43)22-21-39(6)32(36(31)41)13-14-34-38(5)18-15-30(11-9-10-12-35(44)47-8)37(3,4)33(38)17-19-40(34,39)7/h15,31-34,36,42H,1,9-14,16-28H2,2-8H3. The van der Waals surface area contributed by atoms with Crippen LogP contribution in [-0.4, -0.2) is 69.6 Å². The van der Waals surface area contributed by atoms with Crippen LogP contribution in [0, 0.1) is 51.2 Å². The van der Waals surface area contributed by atoms with Crippen molar-refractivity contribution in [2.24, 2.45) is 51.2 Å². The summed E-state index contributed by atoms with van der Waals surface area (Å²) in [5.41, 5.74) is 4.36. The summed E-state index contributed by atoms with van der Waals surface area (Å²) in [6, 6.07) is 0. The highest BCUT2D eigenvalue weighted by atomic mass is 32.2. The van der Waals surface area contributed by atoms with E-state index >= 15 is 0 Å². The van der Waals surface area contributed by atoms with E-state index in [1.807, 2.05) is 0 Å². The zero-order chi connectivity index (χ0) is 34.8. The highest BCUT2D eigenvalue weighted by Gasteiger charge is 2.70. The van der Waals surface area contributed by atoms with Gasteiger partial charge in [-0.2, -0.15) is 0 Å². The van der Waals surface area contributed by atoms with Crippen molar-refractivity contribution in [1.82, 2.24) is 10.2 Å². The molecule has 0 amide bonds. The normalized spacial score (nSPS) is 43.2. The molecule has 0 spiro atoms. The summed E-state index contributed by atoms with van der Waals surface area (Å²) in [7, 11) is -1.36. The lowest BCUT2D eigenvalue weighted by molar-refractivity contribution is -0.221. The molecule has 272 valence electrons. The predicted molar refractivity (Wildman–Crippen MR) is 196 cm³/mol. The molecule has 1 saturated heterocycles. The number of hydrogen-bond donors (Lipinski definition) is 1. The van der Waals surface area contributed by atoms with Crippen molar-refractivity contribution < 1.29 is 17.9 Å². The summed E-state index contributed by atoms with van der Waals surface area (Å²) in [4.78, 5) is 14.1. The number of carbonyl (C=O) groups is 1. The molecule has 4 saturated carbocycles. The number of ether oxygens (including phenoxy) is 1. The molecule has 0 radical (unpaired) electrons. The first kappa shape index (κ1) is 36.6. The molecule has 1 N–H and O–H groups in total. The lowest BCUT2D eigenvalue weighted by Gasteiger charge is -2.72. The molecule has 1 heterocycles. The van der Waals surface area contributed by atoms with E-state index in [1.165, 1.54) is 70.5 Å². The number of nitrogens with one attached hydrogen (secondary N) is 1. The summed E-state index contributed by atoms with van der Waals surface area (Å²) in [6.45, 7) is 23.4. The van der Waals surface area contributed by atoms with Gasteiger partial charge in [0.2, 0.25) is 0 Å². The van der Waals surface area contributed by atoms with E-state index in [1.54, 1.807) is 5.57 Å². The smallest absolute Gasteiger partial charge is 0.305 e. The van der Waals surface area contributed by atoms with Gasteiger partial charge in [-0.05, 0) is 135 Å². The first-order chi connectivity index (χ1) is 22.5. The molecular weight excluding hydrogens is 617 g/mol. The van der Waals surface area contributed by atoms with E-state index in [0.717, 1.165) is 38.3 Å². The number of sulfone groups is 1. The first-order valence-electron chi connectivity index (χ1n) is 19.6. The van der Waals surface area contributed by atoms with Crippen LogP contribution in [0.25, 0.3) is 0 Å². The molecule has 6 aliphatic rings. The summed E-state index contributed by atoms with van der Waals surface area (Å²) < 4.78 is 28.9. The second kappa shape index (κ2) is 13.1. The predicted octanol–water partition coefficient (Wildman–Crippen LogP) is 7.99. The number of methoxy groups -OCH3 is 1. The number of unbranched alkanes of at least 4 members (excludes halogenated alkanes) is 1. The Hall–Kier alpha value is -1.18. The maximum atomic E-state index is 12.0. The molecule has 6 rings (SSSR count). The molecule has 48 heavy (non-hydrogen) atoms. The van der Waals surface area contributed by atoms with Crippen molar-refractivity contribution in [2.45, 2.75) is 131 Å². The SMILES string of the molecule is C=C(C)C1CCC2(NCCN3CCS(=O)(=O)CC3)CCC3(C)C(CCC4C5(C)CC=C(CCCCC(=O)OC)C(C)(C)C5CCC43C)C12. The minimum absolute atomic E-state index is 0.0880. The Kier molecular flexibility index (Phi) is 9.99. The van der Waals surface area contributed by atoms with Gasteiger partial charge in [0.15, 0.2) is 9.84 Å². The molecule has 5 aliphatic carbocycles. The molecule has 5 fully saturated rings. The fourth-order valence-corrected chi connectivity index (χ4v) is 14.9. The highest BCUT2D eigenvalue weighted by Crippen LogP contribution is 2.76. The summed E-state index contributed by atoms with van der Waals surface area (Å²) in [5, 5.41) is 4.22. The van der Waals surface area contributed by atoms with Crippen LogP contribution in [0.5, 0.6) is 0 Å². The van der Waals surface area contributed by atoms with E-state index < -0.39 is 9.84 Å². The number of nitrogens with zero attached hydrogens (tertiary/aromatic N) is 1. The third-order valence-corrected chi connectivity index (χ3v) is 18.1. The Bertz CT molecular complexity index is 1370. The number of hydrogen-bond acceptors (Lipinski definition) is 6. The van der Waals surface area contributed by atoms with Crippen molar-refractivity contribution in [3.05, 3.63) is 23.8 Å². The van der Waals surface area contributed by atoms with Gasteiger partial charge < -0.3 is 15.0 Å². The zero-order valence-corrected chi connectivity index (χ0v) is 32.4. The number of fused-ring (bicyclic) bond motifs is 7. The van der Waals surface area contributed by atoms with Crippen LogP contribution in [0.3, 0.4) is 0 Å². The van der Waals surface area contributed by atoms with Crippen molar-refractivity contribution in [1.29, 1.82) is 0 Å². The van der Waals surface area contributed by atoms with Crippen LogP contribution in [0.15, 0.2) is 23.8 Å². The Morgan fingerprint density at radius 2 is 1.69 bits per heavy atom. The van der Waals surface area contributed by atoms with Crippen molar-refractivity contribution in [3.8, 4) is 0 Å². The Morgan fingerprint density at radius 3 is 2.38 bits per heavy atom. The Morgan fingerprint density at radius 1 is 0.958 bits per heavy atom. The van der Waals surface area contributed by atoms with Crippen LogP contribution in [-0.2, 0) is 19.4 Å². The topological polar surface area (TPSA) is 75.7 Å². The van der Waals surface area contributed by atoms with Gasteiger partial charge in [-0.1, -0.05) is 58.4 Å². The largest absolute Gasteiger partial charge is 0.469 e. The lowest BCUT2D eigenvalue weighted by Crippen LogP contribution is -2.68. The van der Waals surface area contributed by atoms with Crippen LogP contribution in [0.2, 0.25) is 0 Å².